The molecule has 0 aromatic heterocycles. The fourth-order valence-electron chi connectivity index (χ4n) is 3.59. The molecule has 5 heteroatoms. The Hall–Kier alpha value is -0.870. The standard InChI is InChI=1S/C15H19ClF2N2/c16-11-7-9(17)8-12(18)15(11)20-14-4-1-3-10(14)13-5-2-6-19-13/h7-8,10,13-14,19-20H,1-6H2. The minimum Gasteiger partial charge on any atom is -0.378 e. The third-order valence-electron chi connectivity index (χ3n) is 4.52. The molecule has 1 aliphatic carbocycles. The number of nitrogens with one attached hydrogen (secondary N) is 2. The second-order valence-corrected chi connectivity index (χ2v) is 6.20. The van der Waals surface area contributed by atoms with Gasteiger partial charge in [-0.2, -0.15) is 0 Å². The lowest BCUT2D eigenvalue weighted by Crippen LogP contribution is -2.38. The van der Waals surface area contributed by atoms with Gasteiger partial charge in [0, 0.05) is 18.2 Å². The van der Waals surface area contributed by atoms with Crippen molar-refractivity contribution in [2.75, 3.05) is 11.9 Å². The van der Waals surface area contributed by atoms with Gasteiger partial charge in [0.05, 0.1) is 10.7 Å². The van der Waals surface area contributed by atoms with Crippen LogP contribution in [0.15, 0.2) is 12.1 Å². The Labute approximate surface area is 122 Å². The molecule has 3 unspecified atom stereocenters. The van der Waals surface area contributed by atoms with Gasteiger partial charge in [-0.15, -0.1) is 0 Å². The van der Waals surface area contributed by atoms with Crippen LogP contribution in [0.1, 0.15) is 32.1 Å². The maximum atomic E-state index is 13.9. The number of hydrogen-bond acceptors (Lipinski definition) is 2. The van der Waals surface area contributed by atoms with Gasteiger partial charge in [-0.1, -0.05) is 18.0 Å². The summed E-state index contributed by atoms with van der Waals surface area (Å²) < 4.78 is 26.9. The fourth-order valence-corrected chi connectivity index (χ4v) is 3.84. The Morgan fingerprint density at radius 3 is 2.70 bits per heavy atom. The summed E-state index contributed by atoms with van der Waals surface area (Å²) in [4.78, 5) is 0. The highest BCUT2D eigenvalue weighted by atomic mass is 35.5. The molecule has 2 fully saturated rings. The fraction of sp³-hybridized carbons (Fsp3) is 0.600. The maximum Gasteiger partial charge on any atom is 0.150 e. The Morgan fingerprint density at radius 2 is 2.00 bits per heavy atom. The van der Waals surface area contributed by atoms with Crippen molar-refractivity contribution in [1.29, 1.82) is 0 Å². The van der Waals surface area contributed by atoms with E-state index in [1.165, 1.54) is 12.8 Å². The molecule has 110 valence electrons. The molecular formula is C15H19ClF2N2. The predicted molar refractivity (Wildman–Crippen MR) is 77.1 cm³/mol. The SMILES string of the molecule is Fc1cc(F)c(NC2CCCC2C2CCCN2)c(Cl)c1. The van der Waals surface area contributed by atoms with Gasteiger partial charge in [0.1, 0.15) is 5.82 Å². The van der Waals surface area contributed by atoms with Crippen molar-refractivity contribution in [3.8, 4) is 0 Å². The second kappa shape index (κ2) is 5.86. The zero-order valence-corrected chi connectivity index (χ0v) is 12.0. The minimum absolute atomic E-state index is 0.118. The minimum atomic E-state index is -0.640. The van der Waals surface area contributed by atoms with Gasteiger partial charge >= 0.3 is 0 Å². The lowest BCUT2D eigenvalue weighted by atomic mass is 9.93. The summed E-state index contributed by atoms with van der Waals surface area (Å²) in [7, 11) is 0. The molecule has 1 heterocycles. The van der Waals surface area contributed by atoms with Crippen molar-refractivity contribution in [2.24, 2.45) is 5.92 Å². The van der Waals surface area contributed by atoms with Gasteiger partial charge in [-0.25, -0.2) is 8.78 Å². The van der Waals surface area contributed by atoms with E-state index in [-0.39, 0.29) is 16.8 Å². The summed E-state index contributed by atoms with van der Waals surface area (Å²) in [6, 6.07) is 2.76. The normalized spacial score (nSPS) is 29.9. The van der Waals surface area contributed by atoms with Crippen LogP contribution in [-0.4, -0.2) is 18.6 Å². The first-order valence-electron chi connectivity index (χ1n) is 7.29. The average Bonchev–Trinajstić information content (AvgIpc) is 3.04. The molecule has 20 heavy (non-hydrogen) atoms. The molecule has 0 amide bonds. The van der Waals surface area contributed by atoms with Crippen LogP contribution in [0.2, 0.25) is 5.02 Å². The van der Waals surface area contributed by atoms with Gasteiger partial charge in [-0.3, -0.25) is 0 Å². The van der Waals surface area contributed by atoms with Crippen molar-refractivity contribution in [1.82, 2.24) is 5.32 Å². The van der Waals surface area contributed by atoms with Crippen LogP contribution in [-0.2, 0) is 0 Å². The van der Waals surface area contributed by atoms with Crippen LogP contribution < -0.4 is 10.6 Å². The van der Waals surface area contributed by atoms with Crippen molar-refractivity contribution >= 4 is 17.3 Å². The van der Waals surface area contributed by atoms with E-state index in [2.05, 4.69) is 10.6 Å². The molecule has 0 radical (unpaired) electrons. The molecule has 2 N–H and O–H groups in total. The van der Waals surface area contributed by atoms with Crippen LogP contribution in [0.3, 0.4) is 0 Å². The van der Waals surface area contributed by atoms with Crippen molar-refractivity contribution in [2.45, 2.75) is 44.2 Å². The zero-order chi connectivity index (χ0) is 14.1. The first kappa shape index (κ1) is 14.1. The molecule has 2 nitrogen and oxygen atoms in total. The summed E-state index contributed by atoms with van der Waals surface area (Å²) in [6.45, 7) is 1.07. The summed E-state index contributed by atoms with van der Waals surface area (Å²) in [5, 5.41) is 6.86. The topological polar surface area (TPSA) is 24.1 Å². The Balaban J connectivity index is 1.76. The van der Waals surface area contributed by atoms with E-state index in [0.29, 0.717) is 12.0 Å². The quantitative estimate of drug-likeness (QED) is 0.883. The molecule has 3 rings (SSSR count). The lowest BCUT2D eigenvalue weighted by molar-refractivity contribution is 0.375. The number of halogens is 3. The highest BCUT2D eigenvalue weighted by molar-refractivity contribution is 6.33. The van der Waals surface area contributed by atoms with Crippen LogP contribution >= 0.6 is 11.6 Å². The average molecular weight is 301 g/mol. The van der Waals surface area contributed by atoms with Crippen LogP contribution in [0, 0.1) is 17.6 Å². The molecule has 3 atom stereocenters. The van der Waals surface area contributed by atoms with E-state index >= 15 is 0 Å². The van der Waals surface area contributed by atoms with E-state index < -0.39 is 11.6 Å². The van der Waals surface area contributed by atoms with Gasteiger partial charge in [0.15, 0.2) is 5.82 Å². The molecular weight excluding hydrogens is 282 g/mol. The molecule has 1 aliphatic heterocycles. The lowest BCUT2D eigenvalue weighted by Gasteiger charge is -2.27. The Kier molecular flexibility index (Phi) is 4.13. The van der Waals surface area contributed by atoms with E-state index in [1.54, 1.807) is 0 Å². The van der Waals surface area contributed by atoms with Crippen molar-refractivity contribution in [3.05, 3.63) is 28.8 Å². The van der Waals surface area contributed by atoms with Crippen LogP contribution in [0.25, 0.3) is 0 Å². The van der Waals surface area contributed by atoms with Crippen molar-refractivity contribution in [3.63, 3.8) is 0 Å². The second-order valence-electron chi connectivity index (χ2n) is 5.79. The monoisotopic (exact) mass is 300 g/mol. The largest absolute Gasteiger partial charge is 0.378 e. The Morgan fingerprint density at radius 1 is 1.15 bits per heavy atom. The molecule has 0 spiro atoms. The molecule has 1 saturated heterocycles. The maximum absolute atomic E-state index is 13.9. The zero-order valence-electron chi connectivity index (χ0n) is 11.3. The molecule has 1 saturated carbocycles. The number of hydrogen-bond donors (Lipinski definition) is 2. The number of anilines is 1. The van der Waals surface area contributed by atoms with E-state index in [0.717, 1.165) is 37.9 Å². The third kappa shape index (κ3) is 2.77. The van der Waals surface area contributed by atoms with Gasteiger partial charge in [-0.05, 0) is 44.2 Å². The summed E-state index contributed by atoms with van der Waals surface area (Å²) in [5.41, 5.74) is 0.239. The summed E-state index contributed by atoms with van der Waals surface area (Å²) >= 11 is 5.96. The Bertz CT molecular complexity index is 466. The third-order valence-corrected chi connectivity index (χ3v) is 4.82. The summed E-state index contributed by atoms with van der Waals surface area (Å²) in [6.07, 6.45) is 5.69. The smallest absolute Gasteiger partial charge is 0.150 e. The molecule has 1 aromatic carbocycles. The van der Waals surface area contributed by atoms with E-state index in [9.17, 15) is 8.78 Å². The first-order valence-corrected chi connectivity index (χ1v) is 7.67. The highest BCUT2D eigenvalue weighted by Gasteiger charge is 2.35. The summed E-state index contributed by atoms with van der Waals surface area (Å²) in [5.74, 6) is -0.753. The van der Waals surface area contributed by atoms with Gasteiger partial charge in [0.25, 0.3) is 0 Å². The number of benzene rings is 1. The molecule has 1 aromatic rings. The van der Waals surface area contributed by atoms with Gasteiger partial charge < -0.3 is 10.6 Å². The van der Waals surface area contributed by atoms with E-state index in [4.69, 9.17) is 11.6 Å². The van der Waals surface area contributed by atoms with Crippen LogP contribution in [0.4, 0.5) is 14.5 Å². The van der Waals surface area contributed by atoms with Gasteiger partial charge in [0.2, 0.25) is 0 Å². The van der Waals surface area contributed by atoms with E-state index in [1.807, 2.05) is 0 Å². The predicted octanol–water partition coefficient (Wildman–Crippen LogP) is 3.95. The molecule has 0 bridgehead atoms. The highest BCUT2D eigenvalue weighted by Crippen LogP contribution is 2.36. The van der Waals surface area contributed by atoms with Crippen LogP contribution in [0.5, 0.6) is 0 Å². The van der Waals surface area contributed by atoms with Crippen molar-refractivity contribution < 1.29 is 8.78 Å². The first-order chi connectivity index (χ1) is 9.65. The molecule has 2 aliphatic rings. The number of rotatable bonds is 3.